The van der Waals surface area contributed by atoms with E-state index < -0.39 is 82.5 Å². The Labute approximate surface area is 244 Å². The lowest BCUT2D eigenvalue weighted by Gasteiger charge is -2.65. The molecule has 1 aromatic rings. The maximum Gasteiger partial charge on any atom is 0.338 e. The quantitative estimate of drug-likeness (QED) is 0.223. The van der Waals surface area contributed by atoms with E-state index in [0.29, 0.717) is 5.57 Å². The number of ether oxygens (including phenoxy) is 4. The lowest BCUT2D eigenvalue weighted by Crippen LogP contribution is -2.78. The van der Waals surface area contributed by atoms with Crippen molar-refractivity contribution in [2.75, 3.05) is 6.61 Å². The predicted molar refractivity (Wildman–Crippen MR) is 146 cm³/mol. The Hall–Kier alpha value is -2.83. The van der Waals surface area contributed by atoms with Gasteiger partial charge in [0.05, 0.1) is 41.3 Å². The zero-order valence-electron chi connectivity index (χ0n) is 24.7. The SMILES string of the molecule is CC(=O)O[C@@H]1C[C@@]2(C(C)(C)O)C(=C1C)[C@H](O)[C@@H](O)[C@]1(C)[C@@H](O)C[C@H]3OC[C@@]3(OC(C)=O)[C@@H]1C2OC(=O)c1ccccc1. The van der Waals surface area contributed by atoms with Gasteiger partial charge < -0.3 is 39.4 Å². The number of rotatable bonds is 5. The molecule has 1 heterocycles. The first-order valence-corrected chi connectivity index (χ1v) is 14.2. The number of carbonyl (C=O) groups excluding carboxylic acids is 3. The molecule has 1 aromatic carbocycles. The molecule has 0 bridgehead atoms. The number of aliphatic hydroxyl groups excluding tert-OH is 3. The summed E-state index contributed by atoms with van der Waals surface area (Å²) in [7, 11) is 0. The molecule has 1 saturated heterocycles. The third-order valence-electron chi connectivity index (χ3n) is 10.3. The first kappa shape index (κ1) is 30.6. The molecule has 1 aliphatic heterocycles. The van der Waals surface area contributed by atoms with Gasteiger partial charge in [-0.3, -0.25) is 9.59 Å². The zero-order valence-corrected chi connectivity index (χ0v) is 24.7. The normalized spacial score (nSPS) is 41.0. The maximum atomic E-state index is 13.8. The minimum atomic E-state index is -1.77. The van der Waals surface area contributed by atoms with Crippen LogP contribution in [0, 0.1) is 16.7 Å². The van der Waals surface area contributed by atoms with Crippen LogP contribution in [0.3, 0.4) is 0 Å². The largest absolute Gasteiger partial charge is 0.458 e. The number of carbonyl (C=O) groups is 3. The van der Waals surface area contributed by atoms with Crippen LogP contribution in [0.25, 0.3) is 0 Å². The number of esters is 3. The molecule has 0 spiro atoms. The highest BCUT2D eigenvalue weighted by Gasteiger charge is 2.79. The molecule has 3 aliphatic carbocycles. The van der Waals surface area contributed by atoms with Crippen LogP contribution in [0.1, 0.15) is 64.7 Å². The van der Waals surface area contributed by atoms with E-state index in [-0.39, 0.29) is 30.6 Å². The van der Waals surface area contributed by atoms with Gasteiger partial charge in [0, 0.05) is 32.1 Å². The minimum absolute atomic E-state index is 0.0208. The van der Waals surface area contributed by atoms with Crippen molar-refractivity contribution >= 4 is 17.9 Å². The van der Waals surface area contributed by atoms with Gasteiger partial charge in [0.2, 0.25) is 0 Å². The second-order valence-electron chi connectivity index (χ2n) is 13.0. The average molecular weight is 589 g/mol. The molecule has 1 unspecified atom stereocenters. The highest BCUT2D eigenvalue weighted by Crippen LogP contribution is 2.67. The summed E-state index contributed by atoms with van der Waals surface area (Å²) in [6, 6.07) is 8.18. The third-order valence-corrected chi connectivity index (χ3v) is 10.3. The standard InChI is InChI=1S/C31H40O11/c1-15-19(40-16(2)32)13-30(28(4,5)38)22(15)23(35)25(36)29(6)20(34)12-21-31(14-39-21,42-17(3)33)24(29)26(30)41-27(37)18-10-8-7-9-11-18/h7-11,19-21,23-26,34-36,38H,12-14H2,1-6H3/t19-,20+,21-,23+,24-,25-,26?,29-,30-,31+/m1/s1. The zero-order chi connectivity index (χ0) is 31.0. The number of fused-ring (bicyclic) bond motifs is 4. The van der Waals surface area contributed by atoms with Crippen molar-refractivity contribution in [3.63, 3.8) is 0 Å². The number of hydrogen-bond acceptors (Lipinski definition) is 11. The van der Waals surface area contributed by atoms with E-state index in [1.165, 1.54) is 27.7 Å². The summed E-state index contributed by atoms with van der Waals surface area (Å²) in [5.74, 6) is -3.19. The van der Waals surface area contributed by atoms with Crippen molar-refractivity contribution in [1.82, 2.24) is 0 Å². The fourth-order valence-electron chi connectivity index (χ4n) is 8.32. The molecule has 230 valence electrons. The first-order chi connectivity index (χ1) is 19.5. The topological polar surface area (TPSA) is 169 Å². The highest BCUT2D eigenvalue weighted by atomic mass is 16.6. The molecule has 0 amide bonds. The van der Waals surface area contributed by atoms with Gasteiger partial charge in [0.1, 0.15) is 24.4 Å². The van der Waals surface area contributed by atoms with Crippen LogP contribution in [0.5, 0.6) is 0 Å². The summed E-state index contributed by atoms with van der Waals surface area (Å²) < 4.78 is 23.8. The Balaban J connectivity index is 1.84. The second kappa shape index (κ2) is 10.1. The number of hydrogen-bond donors (Lipinski definition) is 4. The van der Waals surface area contributed by atoms with Gasteiger partial charge in [0.15, 0.2) is 5.60 Å². The molecular weight excluding hydrogens is 548 g/mol. The molecule has 5 rings (SSSR count). The fourth-order valence-corrected chi connectivity index (χ4v) is 8.32. The van der Waals surface area contributed by atoms with E-state index in [4.69, 9.17) is 18.9 Å². The summed E-state index contributed by atoms with van der Waals surface area (Å²) in [5, 5.41) is 47.6. The summed E-state index contributed by atoms with van der Waals surface area (Å²) in [6.45, 7) is 8.53. The van der Waals surface area contributed by atoms with Crippen molar-refractivity contribution in [3.8, 4) is 0 Å². The Kier molecular flexibility index (Phi) is 7.38. The molecular formula is C31H40O11. The van der Waals surface area contributed by atoms with Gasteiger partial charge in [-0.1, -0.05) is 25.1 Å². The number of aliphatic hydroxyl groups is 4. The van der Waals surface area contributed by atoms with Gasteiger partial charge in [-0.2, -0.15) is 0 Å². The van der Waals surface area contributed by atoms with Gasteiger partial charge in [0.25, 0.3) is 0 Å². The van der Waals surface area contributed by atoms with Crippen molar-refractivity contribution in [2.45, 2.75) is 102 Å². The average Bonchev–Trinajstić information content (AvgIpc) is 3.17. The van der Waals surface area contributed by atoms with E-state index >= 15 is 0 Å². The second-order valence-corrected chi connectivity index (χ2v) is 13.0. The molecule has 4 aliphatic rings. The molecule has 10 atom stereocenters. The van der Waals surface area contributed by atoms with Crippen LogP contribution in [0.2, 0.25) is 0 Å². The molecule has 11 nitrogen and oxygen atoms in total. The van der Waals surface area contributed by atoms with Crippen molar-refractivity contribution in [2.24, 2.45) is 16.7 Å². The molecule has 42 heavy (non-hydrogen) atoms. The first-order valence-electron chi connectivity index (χ1n) is 14.2. The van der Waals surface area contributed by atoms with E-state index in [1.54, 1.807) is 44.2 Å². The van der Waals surface area contributed by atoms with Crippen LogP contribution >= 0.6 is 0 Å². The Bertz CT molecular complexity index is 1300. The Morgan fingerprint density at radius 2 is 1.67 bits per heavy atom. The van der Waals surface area contributed by atoms with Gasteiger partial charge in [-0.25, -0.2) is 4.79 Å². The summed E-state index contributed by atoms with van der Waals surface area (Å²) in [6.07, 6.45) is -7.92. The Morgan fingerprint density at radius 1 is 1.02 bits per heavy atom. The molecule has 2 saturated carbocycles. The summed E-state index contributed by atoms with van der Waals surface area (Å²) >= 11 is 0. The van der Waals surface area contributed by atoms with E-state index in [2.05, 4.69) is 0 Å². The predicted octanol–water partition coefficient (Wildman–Crippen LogP) is 1.44. The van der Waals surface area contributed by atoms with Gasteiger partial charge in [-0.15, -0.1) is 0 Å². The number of benzene rings is 1. The van der Waals surface area contributed by atoms with Crippen LogP contribution in [-0.2, 0) is 28.5 Å². The van der Waals surface area contributed by atoms with E-state index in [9.17, 15) is 34.8 Å². The van der Waals surface area contributed by atoms with Crippen LogP contribution < -0.4 is 0 Å². The molecule has 0 aromatic heterocycles. The van der Waals surface area contributed by atoms with E-state index in [1.807, 2.05) is 0 Å². The van der Waals surface area contributed by atoms with Gasteiger partial charge in [-0.05, 0) is 44.1 Å². The fraction of sp³-hybridized carbons (Fsp3) is 0.645. The highest BCUT2D eigenvalue weighted by molar-refractivity contribution is 5.89. The molecule has 3 fully saturated rings. The lowest BCUT2D eigenvalue weighted by atomic mass is 9.49. The lowest BCUT2D eigenvalue weighted by molar-refractivity contribution is -0.351. The minimum Gasteiger partial charge on any atom is -0.458 e. The molecule has 0 radical (unpaired) electrons. The van der Waals surface area contributed by atoms with Crippen molar-refractivity contribution < 1.29 is 53.8 Å². The van der Waals surface area contributed by atoms with Gasteiger partial charge >= 0.3 is 17.9 Å². The maximum absolute atomic E-state index is 13.8. The third kappa shape index (κ3) is 4.16. The van der Waals surface area contributed by atoms with Crippen LogP contribution in [-0.4, -0.2) is 92.8 Å². The van der Waals surface area contributed by atoms with E-state index in [0.717, 1.165) is 0 Å². The summed E-state index contributed by atoms with van der Waals surface area (Å²) in [5.41, 5.74) is -5.81. The van der Waals surface area contributed by atoms with Crippen LogP contribution in [0.15, 0.2) is 41.5 Å². The smallest absolute Gasteiger partial charge is 0.338 e. The summed E-state index contributed by atoms with van der Waals surface area (Å²) in [4.78, 5) is 38.6. The van der Waals surface area contributed by atoms with Crippen LogP contribution in [0.4, 0.5) is 0 Å². The monoisotopic (exact) mass is 588 g/mol. The molecule has 4 N–H and O–H groups in total. The van der Waals surface area contributed by atoms with Crippen molar-refractivity contribution in [1.29, 1.82) is 0 Å². The van der Waals surface area contributed by atoms with Crippen molar-refractivity contribution in [3.05, 3.63) is 47.0 Å². The molecule has 11 heteroatoms. The Morgan fingerprint density at radius 3 is 2.19 bits per heavy atom.